The third-order valence-corrected chi connectivity index (χ3v) is 7.09. The molecule has 1 aliphatic heterocycles. The van der Waals surface area contributed by atoms with Crippen LogP contribution in [-0.2, 0) is 11.3 Å². The van der Waals surface area contributed by atoms with Crippen LogP contribution in [0, 0.1) is 5.82 Å². The van der Waals surface area contributed by atoms with Gasteiger partial charge < -0.3 is 25.1 Å². The third-order valence-electron chi connectivity index (χ3n) is 6.80. The number of methoxy groups -OCH3 is 1. The molecular weight excluding hydrogens is 523 g/mol. The lowest BCUT2D eigenvalue weighted by Crippen LogP contribution is -2.38. The number of hydrogen-bond donors (Lipinski definition) is 3. The monoisotopic (exact) mass is 552 g/mol. The summed E-state index contributed by atoms with van der Waals surface area (Å²) in [4.78, 5) is 26.2. The van der Waals surface area contributed by atoms with Crippen molar-refractivity contribution in [2.24, 2.45) is 0 Å². The number of aromatic nitrogens is 3. The Bertz CT molecular complexity index is 1450. The van der Waals surface area contributed by atoms with E-state index in [1.807, 2.05) is 18.2 Å². The van der Waals surface area contributed by atoms with Gasteiger partial charge in [0.25, 0.3) is 5.91 Å². The summed E-state index contributed by atoms with van der Waals surface area (Å²) in [5, 5.41) is 6.62. The van der Waals surface area contributed by atoms with Crippen LogP contribution >= 0.6 is 11.6 Å². The highest BCUT2D eigenvalue weighted by molar-refractivity contribution is 6.34. The van der Waals surface area contributed by atoms with Gasteiger partial charge in [-0.15, -0.1) is 0 Å². The van der Waals surface area contributed by atoms with Crippen LogP contribution < -0.4 is 20.1 Å². The molecule has 5 rings (SSSR count). The maximum absolute atomic E-state index is 14.1. The van der Waals surface area contributed by atoms with Crippen LogP contribution in [0.25, 0.3) is 22.6 Å². The Hall–Kier alpha value is -3.89. The van der Waals surface area contributed by atoms with E-state index in [4.69, 9.17) is 26.1 Å². The van der Waals surface area contributed by atoms with E-state index in [0.29, 0.717) is 34.3 Å². The molecule has 9 nitrogen and oxygen atoms in total. The number of ether oxygens (including phenoxy) is 2. The number of carbonyl (C=O) groups excluding carboxylic acids is 1. The van der Waals surface area contributed by atoms with E-state index in [1.165, 1.54) is 13.2 Å². The molecule has 2 aromatic heterocycles. The number of nitrogens with one attached hydrogen (secondary N) is 3. The molecule has 1 aliphatic rings. The Morgan fingerprint density at radius 3 is 2.67 bits per heavy atom. The molecule has 1 fully saturated rings. The van der Waals surface area contributed by atoms with Gasteiger partial charge in [0.1, 0.15) is 17.1 Å². The van der Waals surface area contributed by atoms with Crippen molar-refractivity contribution in [1.29, 1.82) is 0 Å². The van der Waals surface area contributed by atoms with Crippen molar-refractivity contribution in [2.45, 2.75) is 25.4 Å². The number of aromatic amines is 1. The van der Waals surface area contributed by atoms with Crippen LogP contribution in [0.1, 0.15) is 18.4 Å². The summed E-state index contributed by atoms with van der Waals surface area (Å²) < 4.78 is 24.6. The summed E-state index contributed by atoms with van der Waals surface area (Å²) in [7, 11) is 3.03. The van der Waals surface area contributed by atoms with Gasteiger partial charge in [-0.1, -0.05) is 17.7 Å². The molecule has 204 valence electrons. The third kappa shape index (κ3) is 6.23. The van der Waals surface area contributed by atoms with Crippen LogP contribution in [0.5, 0.6) is 11.5 Å². The van der Waals surface area contributed by atoms with E-state index < -0.39 is 0 Å². The zero-order valence-corrected chi connectivity index (χ0v) is 22.5. The summed E-state index contributed by atoms with van der Waals surface area (Å²) in [6.45, 7) is 2.39. The fourth-order valence-corrected chi connectivity index (χ4v) is 4.83. The van der Waals surface area contributed by atoms with Gasteiger partial charge in [-0.25, -0.2) is 14.4 Å². The maximum atomic E-state index is 14.1. The molecule has 39 heavy (non-hydrogen) atoms. The van der Waals surface area contributed by atoms with Crippen molar-refractivity contribution in [1.82, 2.24) is 25.2 Å². The number of anilines is 1. The number of carbonyl (C=O) groups is 1. The number of benzene rings is 2. The van der Waals surface area contributed by atoms with Gasteiger partial charge in [0, 0.05) is 38.3 Å². The van der Waals surface area contributed by atoms with Crippen molar-refractivity contribution in [3.8, 4) is 22.9 Å². The Morgan fingerprint density at radius 1 is 1.21 bits per heavy atom. The number of hydrogen-bond acceptors (Lipinski definition) is 7. The molecule has 3 heterocycles. The summed E-state index contributed by atoms with van der Waals surface area (Å²) in [6, 6.07) is 12.7. The summed E-state index contributed by atoms with van der Waals surface area (Å²) in [5.41, 5.74) is 3.84. The molecule has 0 bridgehead atoms. The predicted octanol–water partition coefficient (Wildman–Crippen LogP) is 4.63. The normalized spacial score (nSPS) is 14.4. The summed E-state index contributed by atoms with van der Waals surface area (Å²) in [5.74, 6) is 0.962. The quantitative estimate of drug-likeness (QED) is 0.278. The highest BCUT2D eigenvalue weighted by Gasteiger charge is 2.22. The molecule has 0 unspecified atom stereocenters. The van der Waals surface area contributed by atoms with Crippen LogP contribution in [-0.4, -0.2) is 65.7 Å². The Labute approximate surface area is 230 Å². The van der Waals surface area contributed by atoms with Crippen molar-refractivity contribution in [3.05, 3.63) is 65.1 Å². The summed E-state index contributed by atoms with van der Waals surface area (Å²) >= 11 is 6.56. The molecule has 4 aromatic rings. The molecular formula is C28H30ClFN6O3. The smallest absolute Gasteiger partial charge is 0.257 e. The minimum absolute atomic E-state index is 0.0447. The molecule has 1 amide bonds. The SMILES string of the molecule is CNC(=O)COc1ccc(-c2nc3c(NC4CCN(Cc5ccc(OC)c(F)c5)CC4)c(Cl)cnc3[nH]2)cc1. The van der Waals surface area contributed by atoms with Crippen LogP contribution in [0.15, 0.2) is 48.7 Å². The first kappa shape index (κ1) is 26.7. The minimum atomic E-state index is -0.341. The number of rotatable bonds is 9. The van der Waals surface area contributed by atoms with Gasteiger partial charge in [-0.05, 0) is 54.8 Å². The van der Waals surface area contributed by atoms with Crippen molar-refractivity contribution >= 4 is 34.4 Å². The largest absolute Gasteiger partial charge is 0.494 e. The van der Waals surface area contributed by atoms with Gasteiger partial charge in [0.2, 0.25) is 0 Å². The fourth-order valence-electron chi connectivity index (χ4n) is 4.64. The van der Waals surface area contributed by atoms with Crippen molar-refractivity contribution in [3.63, 3.8) is 0 Å². The first-order valence-electron chi connectivity index (χ1n) is 12.7. The minimum Gasteiger partial charge on any atom is -0.494 e. The zero-order chi connectivity index (χ0) is 27.4. The van der Waals surface area contributed by atoms with Crippen LogP contribution in [0.4, 0.5) is 10.1 Å². The van der Waals surface area contributed by atoms with E-state index in [1.54, 1.807) is 31.4 Å². The zero-order valence-electron chi connectivity index (χ0n) is 21.8. The second-order valence-corrected chi connectivity index (χ2v) is 9.82. The molecule has 0 spiro atoms. The van der Waals surface area contributed by atoms with Crippen molar-refractivity contribution < 1.29 is 18.7 Å². The first-order chi connectivity index (χ1) is 18.9. The molecule has 11 heteroatoms. The number of likely N-dealkylation sites (N-methyl/N-ethyl adjacent to an activating group) is 1. The highest BCUT2D eigenvalue weighted by Crippen LogP contribution is 2.32. The Balaban J connectivity index is 1.24. The Kier molecular flexibility index (Phi) is 8.13. The lowest BCUT2D eigenvalue weighted by Gasteiger charge is -2.33. The van der Waals surface area contributed by atoms with Gasteiger partial charge in [0.05, 0.1) is 24.0 Å². The van der Waals surface area contributed by atoms with E-state index in [-0.39, 0.29) is 30.1 Å². The van der Waals surface area contributed by atoms with Crippen LogP contribution in [0.2, 0.25) is 5.02 Å². The highest BCUT2D eigenvalue weighted by atomic mass is 35.5. The average molecular weight is 553 g/mol. The van der Waals surface area contributed by atoms with E-state index in [9.17, 15) is 9.18 Å². The van der Waals surface area contributed by atoms with Crippen LogP contribution in [0.3, 0.4) is 0 Å². The number of imidazole rings is 1. The first-order valence-corrected chi connectivity index (χ1v) is 13.1. The second-order valence-electron chi connectivity index (χ2n) is 9.41. The van der Waals surface area contributed by atoms with E-state index >= 15 is 0 Å². The Morgan fingerprint density at radius 2 is 1.97 bits per heavy atom. The second kappa shape index (κ2) is 11.9. The number of H-pyrrole nitrogens is 1. The molecule has 0 aliphatic carbocycles. The number of likely N-dealkylation sites (tertiary alicyclic amines) is 1. The molecule has 0 atom stereocenters. The maximum Gasteiger partial charge on any atom is 0.257 e. The van der Waals surface area contributed by atoms with Crippen molar-refractivity contribution in [2.75, 3.05) is 39.2 Å². The van der Waals surface area contributed by atoms with Gasteiger partial charge in [-0.2, -0.15) is 0 Å². The number of nitrogens with zero attached hydrogens (tertiary/aromatic N) is 3. The molecule has 0 saturated carbocycles. The van der Waals surface area contributed by atoms with E-state index in [0.717, 1.165) is 42.7 Å². The molecule has 1 saturated heterocycles. The number of amides is 1. The lowest BCUT2D eigenvalue weighted by molar-refractivity contribution is -0.122. The average Bonchev–Trinajstić information content (AvgIpc) is 3.39. The predicted molar refractivity (Wildman–Crippen MR) is 149 cm³/mol. The number of halogens is 2. The molecule has 3 N–H and O–H groups in total. The lowest BCUT2D eigenvalue weighted by atomic mass is 10.0. The number of piperidine rings is 1. The molecule has 0 radical (unpaired) electrons. The van der Waals surface area contributed by atoms with Gasteiger partial charge >= 0.3 is 0 Å². The van der Waals surface area contributed by atoms with E-state index in [2.05, 4.69) is 25.5 Å². The molecule has 2 aromatic carbocycles. The van der Waals surface area contributed by atoms with Gasteiger partial charge in [0.15, 0.2) is 23.8 Å². The van der Waals surface area contributed by atoms with Gasteiger partial charge in [-0.3, -0.25) is 9.69 Å². The standard InChI is InChI=1S/C28H30ClFN6O3/c1-31-24(37)16-39-20-6-4-18(5-7-20)27-34-26-25(21(29)14-32-28(26)35-27)33-19-9-11-36(12-10-19)15-17-3-8-23(38-2)22(30)13-17/h3-8,13-14,19H,9-12,15-16H2,1-2H3,(H,31,37)(H2,32,33,34,35). The number of fused-ring (bicyclic) bond motifs is 1. The fraction of sp³-hybridized carbons (Fsp3) is 0.321. The number of pyridine rings is 1. The topological polar surface area (TPSA) is 104 Å². The summed E-state index contributed by atoms with van der Waals surface area (Å²) in [6.07, 6.45) is 3.44.